The molecule has 0 aromatic heterocycles. The molecule has 0 rings (SSSR count). The summed E-state index contributed by atoms with van der Waals surface area (Å²) in [5.74, 6) is -0.564. The Morgan fingerprint density at radius 1 is 0.608 bits per heavy atom. The first-order valence-corrected chi connectivity index (χ1v) is 21.3. The van der Waals surface area contributed by atoms with Crippen LogP contribution in [0, 0.1) is 0 Å². The van der Waals surface area contributed by atoms with Gasteiger partial charge in [-0.2, -0.15) is 0 Å². The van der Waals surface area contributed by atoms with Crippen LogP contribution in [0.3, 0.4) is 0 Å². The van der Waals surface area contributed by atoms with Crippen molar-refractivity contribution in [3.63, 3.8) is 0 Å². The fourth-order valence-electron chi connectivity index (χ4n) is 4.87. The molecule has 0 aromatic carbocycles. The first-order valence-electron chi connectivity index (χ1n) is 19.8. The molecule has 0 aliphatic carbocycles. The summed E-state index contributed by atoms with van der Waals surface area (Å²) in [4.78, 5) is 33.8. The van der Waals surface area contributed by atoms with Crippen LogP contribution in [0.4, 0.5) is 0 Å². The summed E-state index contributed by atoms with van der Waals surface area (Å²) < 4.78 is 26.7. The number of carbonyl (C=O) groups excluding carboxylic acids is 2. The molecule has 0 spiro atoms. The highest BCUT2D eigenvalue weighted by Gasteiger charge is 2.23. The average molecular weight is 738 g/mol. The zero-order chi connectivity index (χ0) is 37.5. The van der Waals surface area contributed by atoms with Crippen molar-refractivity contribution >= 4 is 19.7 Å². The molecular weight excluding hydrogens is 665 g/mol. The van der Waals surface area contributed by atoms with Crippen LogP contribution in [-0.2, 0) is 27.9 Å². The van der Waals surface area contributed by atoms with E-state index in [-0.39, 0.29) is 32.1 Å². The maximum absolute atomic E-state index is 12.1. The summed E-state index contributed by atoms with van der Waals surface area (Å²) in [6.07, 6.45) is 42.9. The van der Waals surface area contributed by atoms with Gasteiger partial charge in [-0.3, -0.25) is 18.6 Å². The standard InChI is InChI=1S/C41H72NO8P/c1-3-5-7-9-11-13-15-16-17-18-19-20-21-22-24-25-27-29-31-33-40(44)42-35-36-49-51(46,47)50-38-39(43)37-48-41(45)34-32-30-28-26-23-14-12-10-8-6-4-2/h10-13,16-17,19-20,22,24,39,43H,3-9,14-15,18,21,23,25-38H2,1-2H3,(H,42,44)(H,46,47)/b12-10-,13-11-,17-16-,20-19-,24-22-. The van der Waals surface area contributed by atoms with E-state index in [0.29, 0.717) is 6.42 Å². The Kier molecular flexibility index (Phi) is 35.8. The van der Waals surface area contributed by atoms with Gasteiger partial charge in [0.2, 0.25) is 5.91 Å². The van der Waals surface area contributed by atoms with Gasteiger partial charge in [-0.25, -0.2) is 4.57 Å². The van der Waals surface area contributed by atoms with Gasteiger partial charge in [0.15, 0.2) is 0 Å². The Morgan fingerprint density at radius 3 is 1.69 bits per heavy atom. The lowest BCUT2D eigenvalue weighted by Crippen LogP contribution is -2.27. The summed E-state index contributed by atoms with van der Waals surface area (Å²) >= 11 is 0. The third-order valence-electron chi connectivity index (χ3n) is 7.92. The molecule has 0 radical (unpaired) electrons. The van der Waals surface area contributed by atoms with E-state index in [4.69, 9.17) is 13.8 Å². The monoisotopic (exact) mass is 737 g/mol. The minimum Gasteiger partial charge on any atom is -0.463 e. The highest BCUT2D eigenvalue weighted by molar-refractivity contribution is 7.47. The van der Waals surface area contributed by atoms with E-state index >= 15 is 0 Å². The normalized spacial score (nSPS) is 14.0. The van der Waals surface area contributed by atoms with E-state index in [1.54, 1.807) is 0 Å². The summed E-state index contributed by atoms with van der Waals surface area (Å²) in [5, 5.41) is 12.6. The molecule has 1 amide bonds. The highest BCUT2D eigenvalue weighted by Crippen LogP contribution is 2.42. The maximum Gasteiger partial charge on any atom is 0.472 e. The number of nitrogens with one attached hydrogen (secondary N) is 1. The number of aliphatic hydroxyl groups excluding tert-OH is 1. The van der Waals surface area contributed by atoms with Crippen molar-refractivity contribution in [1.82, 2.24) is 5.32 Å². The van der Waals surface area contributed by atoms with Crippen molar-refractivity contribution in [2.45, 2.75) is 161 Å². The number of aliphatic hydroxyl groups is 1. The summed E-state index contributed by atoms with van der Waals surface area (Å²) in [7, 11) is -4.42. The number of amides is 1. The van der Waals surface area contributed by atoms with Gasteiger partial charge in [-0.1, -0.05) is 126 Å². The third kappa shape index (κ3) is 38.8. The predicted molar refractivity (Wildman–Crippen MR) is 210 cm³/mol. The van der Waals surface area contributed by atoms with Crippen molar-refractivity contribution in [2.75, 3.05) is 26.4 Å². The van der Waals surface area contributed by atoms with Gasteiger partial charge in [0, 0.05) is 19.4 Å². The van der Waals surface area contributed by atoms with Crippen LogP contribution in [0.5, 0.6) is 0 Å². The minimum atomic E-state index is -4.42. The first-order chi connectivity index (χ1) is 24.8. The molecule has 2 atom stereocenters. The molecule has 0 aromatic rings. The molecule has 0 aliphatic heterocycles. The van der Waals surface area contributed by atoms with Crippen LogP contribution < -0.4 is 5.32 Å². The van der Waals surface area contributed by atoms with Crippen LogP contribution in [-0.4, -0.2) is 54.3 Å². The second-order valence-electron chi connectivity index (χ2n) is 12.9. The highest BCUT2D eigenvalue weighted by atomic mass is 31.2. The number of esters is 1. The zero-order valence-corrected chi connectivity index (χ0v) is 32.9. The van der Waals surface area contributed by atoms with Crippen molar-refractivity contribution in [3.8, 4) is 0 Å². The number of ether oxygens (including phenoxy) is 1. The van der Waals surface area contributed by atoms with Gasteiger partial charge in [0.1, 0.15) is 12.7 Å². The lowest BCUT2D eigenvalue weighted by Gasteiger charge is -2.15. The number of allylic oxidation sites excluding steroid dienone is 10. The molecule has 10 heteroatoms. The van der Waals surface area contributed by atoms with Gasteiger partial charge in [-0.05, 0) is 77.0 Å². The van der Waals surface area contributed by atoms with E-state index in [0.717, 1.165) is 89.9 Å². The molecule has 0 aliphatic rings. The number of unbranched alkanes of at least 4 members (excludes halogenated alkanes) is 13. The Bertz CT molecular complexity index is 1020. The lowest BCUT2D eigenvalue weighted by atomic mass is 10.1. The SMILES string of the molecule is CCCC/C=C\CCCCCCCC(=O)OCC(O)COP(=O)(O)OCCNC(=O)CCCCC/C=C\C/C=C\C/C=C\C/C=C\CCCCC. The molecule has 3 N–H and O–H groups in total. The zero-order valence-electron chi connectivity index (χ0n) is 32.0. The van der Waals surface area contributed by atoms with E-state index in [2.05, 4.69) is 79.9 Å². The van der Waals surface area contributed by atoms with Crippen LogP contribution >= 0.6 is 7.82 Å². The average Bonchev–Trinajstić information content (AvgIpc) is 3.11. The van der Waals surface area contributed by atoms with Crippen molar-refractivity contribution in [1.29, 1.82) is 0 Å². The molecule has 51 heavy (non-hydrogen) atoms. The third-order valence-corrected chi connectivity index (χ3v) is 8.90. The fraction of sp³-hybridized carbons (Fsp3) is 0.707. The molecule has 0 fully saturated rings. The molecule has 2 unspecified atom stereocenters. The molecule has 294 valence electrons. The Hall–Kier alpha value is -2.29. The summed E-state index contributed by atoms with van der Waals surface area (Å²) in [6.45, 7) is 3.41. The number of hydrogen-bond donors (Lipinski definition) is 3. The van der Waals surface area contributed by atoms with E-state index in [1.165, 1.54) is 38.5 Å². The van der Waals surface area contributed by atoms with Gasteiger partial charge < -0.3 is 20.1 Å². The van der Waals surface area contributed by atoms with E-state index < -0.39 is 26.5 Å². The van der Waals surface area contributed by atoms with Crippen LogP contribution in [0.15, 0.2) is 60.8 Å². The van der Waals surface area contributed by atoms with Gasteiger partial charge in [0.25, 0.3) is 0 Å². The number of phosphoric ester groups is 1. The van der Waals surface area contributed by atoms with Gasteiger partial charge in [-0.15, -0.1) is 0 Å². The second-order valence-corrected chi connectivity index (χ2v) is 14.3. The van der Waals surface area contributed by atoms with Gasteiger partial charge in [0.05, 0.1) is 13.2 Å². The fourth-order valence-corrected chi connectivity index (χ4v) is 5.63. The van der Waals surface area contributed by atoms with Crippen LogP contribution in [0.1, 0.15) is 155 Å². The van der Waals surface area contributed by atoms with Crippen molar-refractivity contribution in [2.24, 2.45) is 0 Å². The molecule has 0 saturated carbocycles. The molecular formula is C41H72NO8P. The van der Waals surface area contributed by atoms with Crippen molar-refractivity contribution < 1.29 is 37.9 Å². The first kappa shape index (κ1) is 48.7. The molecule has 0 saturated heterocycles. The molecule has 0 heterocycles. The smallest absolute Gasteiger partial charge is 0.463 e. The predicted octanol–water partition coefficient (Wildman–Crippen LogP) is 10.5. The lowest BCUT2D eigenvalue weighted by molar-refractivity contribution is -0.147. The quantitative estimate of drug-likeness (QED) is 0.0251. The number of phosphoric acid groups is 1. The summed E-state index contributed by atoms with van der Waals surface area (Å²) in [6, 6.07) is 0. The van der Waals surface area contributed by atoms with E-state index in [9.17, 15) is 24.2 Å². The number of hydrogen-bond acceptors (Lipinski definition) is 7. The van der Waals surface area contributed by atoms with Crippen LogP contribution in [0.2, 0.25) is 0 Å². The number of rotatable bonds is 36. The topological polar surface area (TPSA) is 131 Å². The Balaban J connectivity index is 3.70. The Morgan fingerprint density at radius 2 is 1.08 bits per heavy atom. The van der Waals surface area contributed by atoms with E-state index in [1.807, 2.05) is 0 Å². The second kappa shape index (κ2) is 37.5. The Labute approximate surface area is 310 Å². The van der Waals surface area contributed by atoms with Crippen molar-refractivity contribution in [3.05, 3.63) is 60.8 Å². The number of carbonyl (C=O) groups is 2. The van der Waals surface area contributed by atoms with Gasteiger partial charge >= 0.3 is 13.8 Å². The minimum absolute atomic E-state index is 0.0607. The molecule has 0 bridgehead atoms. The maximum atomic E-state index is 12.1. The summed E-state index contributed by atoms with van der Waals surface area (Å²) in [5.41, 5.74) is 0. The largest absolute Gasteiger partial charge is 0.472 e. The van der Waals surface area contributed by atoms with Crippen LogP contribution in [0.25, 0.3) is 0 Å². The molecule has 9 nitrogen and oxygen atoms in total.